The van der Waals surface area contributed by atoms with Gasteiger partial charge >= 0.3 is 0 Å². The summed E-state index contributed by atoms with van der Waals surface area (Å²) in [7, 11) is 0. The van der Waals surface area contributed by atoms with Gasteiger partial charge in [-0.05, 0) is 42.9 Å². The van der Waals surface area contributed by atoms with Crippen molar-refractivity contribution in [2.45, 2.75) is 26.2 Å². The van der Waals surface area contributed by atoms with E-state index in [0.717, 1.165) is 30.9 Å². The molecule has 3 rings (SSSR count). The zero-order chi connectivity index (χ0) is 16.8. The van der Waals surface area contributed by atoms with Crippen molar-refractivity contribution in [2.24, 2.45) is 5.92 Å². The molecule has 0 saturated carbocycles. The first kappa shape index (κ1) is 16.5. The Morgan fingerprint density at radius 2 is 2.08 bits per heavy atom. The third-order valence-corrected chi connectivity index (χ3v) is 4.59. The number of hydrogen-bond donors (Lipinski definition) is 1. The minimum atomic E-state index is -0.00370. The fourth-order valence-electron chi connectivity index (χ4n) is 3.33. The Hall–Kier alpha value is -2.36. The summed E-state index contributed by atoms with van der Waals surface area (Å²) in [4.78, 5) is 18.2. The first-order valence-corrected chi connectivity index (χ1v) is 8.82. The van der Waals surface area contributed by atoms with Gasteiger partial charge in [0.1, 0.15) is 5.56 Å². The van der Waals surface area contributed by atoms with Crippen LogP contribution >= 0.6 is 0 Å². The van der Waals surface area contributed by atoms with Crippen molar-refractivity contribution < 1.29 is 9.78 Å². The minimum Gasteiger partial charge on any atom is -0.351 e. The van der Waals surface area contributed by atoms with Crippen LogP contribution < -0.4 is 15.2 Å². The molecule has 0 spiro atoms. The second kappa shape index (κ2) is 7.95. The van der Waals surface area contributed by atoms with E-state index >= 15 is 0 Å². The van der Waals surface area contributed by atoms with Gasteiger partial charge in [-0.25, -0.2) is 4.98 Å². The van der Waals surface area contributed by atoms with E-state index in [9.17, 15) is 4.79 Å². The predicted octanol–water partition coefficient (Wildman–Crippen LogP) is 2.71. The van der Waals surface area contributed by atoms with Gasteiger partial charge in [-0.2, -0.15) is 0 Å². The Kier molecular flexibility index (Phi) is 5.47. The lowest BCUT2D eigenvalue weighted by Crippen LogP contribution is -2.40. The number of H-pyrrole nitrogens is 1. The third kappa shape index (κ3) is 4.13. The summed E-state index contributed by atoms with van der Waals surface area (Å²) in [6, 6.07) is 14.0. The van der Waals surface area contributed by atoms with E-state index in [4.69, 9.17) is 0 Å². The van der Waals surface area contributed by atoms with Crippen molar-refractivity contribution in [3.8, 4) is 0 Å². The van der Waals surface area contributed by atoms with Gasteiger partial charge in [-0.1, -0.05) is 37.3 Å². The molecule has 0 unspecified atom stereocenters. The first-order chi connectivity index (χ1) is 11.7. The largest absolute Gasteiger partial charge is 0.351 e. The highest BCUT2D eigenvalue weighted by molar-refractivity contribution is 5.98. The van der Waals surface area contributed by atoms with Crippen molar-refractivity contribution in [3.05, 3.63) is 59.8 Å². The molecule has 2 N–H and O–H groups in total. The summed E-state index contributed by atoms with van der Waals surface area (Å²) in [5, 5.41) is 3.05. The standard InChI is InChI=1S/C20H25N3O/c1-16-7-6-14-23(15-16)19-18(10-5-12-21-19)20(24)22-13-11-17-8-3-2-4-9-17/h2-5,8-10,12,16H,6-7,11,13-15H2,1H3,(H,22,24)/p+1/t16-/m0/s1. The second-order valence-electron chi connectivity index (χ2n) is 6.62. The summed E-state index contributed by atoms with van der Waals surface area (Å²) in [6.07, 6.45) is 5.19. The Labute approximate surface area is 143 Å². The number of hydrogen-bond acceptors (Lipinski definition) is 2. The normalized spacial score (nSPS) is 17.5. The highest BCUT2D eigenvalue weighted by Gasteiger charge is 2.28. The molecular formula is C20H26N3O+. The molecule has 1 atom stereocenters. The van der Waals surface area contributed by atoms with Gasteiger partial charge in [-0.15, -0.1) is 0 Å². The number of piperidine rings is 1. The summed E-state index contributed by atoms with van der Waals surface area (Å²) in [5.41, 5.74) is 1.97. The van der Waals surface area contributed by atoms with Crippen LogP contribution in [0.15, 0.2) is 48.7 Å². The van der Waals surface area contributed by atoms with Gasteiger partial charge in [0.2, 0.25) is 0 Å². The maximum absolute atomic E-state index is 12.6. The smallest absolute Gasteiger partial charge is 0.287 e. The number of benzene rings is 1. The average molecular weight is 324 g/mol. The predicted molar refractivity (Wildman–Crippen MR) is 96.1 cm³/mol. The number of nitrogens with zero attached hydrogens (tertiary/aromatic N) is 1. The van der Waals surface area contributed by atoms with E-state index in [1.807, 2.05) is 36.5 Å². The van der Waals surface area contributed by atoms with E-state index in [2.05, 4.69) is 34.3 Å². The number of pyridine rings is 1. The zero-order valence-electron chi connectivity index (χ0n) is 14.3. The molecule has 4 nitrogen and oxygen atoms in total. The molecule has 1 amide bonds. The van der Waals surface area contributed by atoms with Crippen LogP contribution in [-0.2, 0) is 6.42 Å². The molecule has 1 aromatic heterocycles. The zero-order valence-corrected chi connectivity index (χ0v) is 14.3. The number of rotatable bonds is 5. The van der Waals surface area contributed by atoms with Crippen LogP contribution in [0.1, 0.15) is 35.7 Å². The van der Waals surface area contributed by atoms with Crippen molar-refractivity contribution in [3.63, 3.8) is 0 Å². The average Bonchev–Trinajstić information content (AvgIpc) is 2.62. The lowest BCUT2D eigenvalue weighted by Gasteiger charge is -2.26. The number of carbonyl (C=O) groups is 1. The summed E-state index contributed by atoms with van der Waals surface area (Å²) >= 11 is 0. The molecule has 0 radical (unpaired) electrons. The molecule has 0 aliphatic carbocycles. The van der Waals surface area contributed by atoms with Crippen molar-refractivity contribution in [1.82, 2.24) is 5.32 Å². The van der Waals surface area contributed by atoms with Crippen LogP contribution in [0.2, 0.25) is 0 Å². The molecule has 2 aromatic rings. The van der Waals surface area contributed by atoms with E-state index in [0.29, 0.717) is 12.5 Å². The Bertz CT molecular complexity index is 672. The van der Waals surface area contributed by atoms with Gasteiger partial charge < -0.3 is 5.32 Å². The first-order valence-electron chi connectivity index (χ1n) is 8.82. The number of carbonyl (C=O) groups excluding carboxylic acids is 1. The number of aromatic amines is 1. The van der Waals surface area contributed by atoms with E-state index in [-0.39, 0.29) is 5.91 Å². The Morgan fingerprint density at radius 3 is 2.88 bits per heavy atom. The third-order valence-electron chi connectivity index (χ3n) is 4.59. The molecule has 2 heterocycles. The molecule has 1 aliphatic rings. The van der Waals surface area contributed by atoms with Crippen LogP contribution in [0.3, 0.4) is 0 Å². The van der Waals surface area contributed by atoms with Gasteiger partial charge in [0.05, 0.1) is 19.3 Å². The van der Waals surface area contributed by atoms with Crippen LogP contribution in [0.5, 0.6) is 0 Å². The summed E-state index contributed by atoms with van der Waals surface area (Å²) in [6.45, 7) is 4.93. The van der Waals surface area contributed by atoms with E-state index in [1.54, 1.807) is 0 Å². The van der Waals surface area contributed by atoms with Gasteiger partial charge in [0.15, 0.2) is 0 Å². The minimum absolute atomic E-state index is 0.00370. The number of nitrogens with one attached hydrogen (secondary N) is 2. The lowest BCUT2D eigenvalue weighted by molar-refractivity contribution is -0.364. The monoisotopic (exact) mass is 324 g/mol. The number of aromatic nitrogens is 1. The molecule has 1 aliphatic heterocycles. The summed E-state index contributed by atoms with van der Waals surface area (Å²) < 4.78 is 0. The van der Waals surface area contributed by atoms with E-state index < -0.39 is 0 Å². The fourth-order valence-corrected chi connectivity index (χ4v) is 3.33. The maximum atomic E-state index is 12.6. The highest BCUT2D eigenvalue weighted by atomic mass is 16.1. The Balaban J connectivity index is 1.64. The van der Waals surface area contributed by atoms with Crippen molar-refractivity contribution >= 4 is 11.7 Å². The van der Waals surface area contributed by atoms with Crippen LogP contribution in [0.25, 0.3) is 0 Å². The molecule has 126 valence electrons. The fraction of sp³-hybridized carbons (Fsp3) is 0.400. The van der Waals surface area contributed by atoms with Gasteiger partial charge in [-0.3, -0.25) is 9.69 Å². The quantitative estimate of drug-likeness (QED) is 0.919. The molecular weight excluding hydrogens is 298 g/mol. The Morgan fingerprint density at radius 1 is 1.25 bits per heavy atom. The van der Waals surface area contributed by atoms with E-state index in [1.165, 1.54) is 18.4 Å². The topological polar surface area (TPSA) is 46.5 Å². The van der Waals surface area contributed by atoms with Crippen LogP contribution in [-0.4, -0.2) is 25.5 Å². The lowest BCUT2D eigenvalue weighted by atomic mass is 10.00. The van der Waals surface area contributed by atoms with Gasteiger partial charge in [0, 0.05) is 6.54 Å². The molecule has 1 saturated heterocycles. The van der Waals surface area contributed by atoms with Crippen LogP contribution in [0, 0.1) is 5.92 Å². The number of amides is 1. The molecule has 0 bridgehead atoms. The van der Waals surface area contributed by atoms with Crippen molar-refractivity contribution in [1.29, 1.82) is 0 Å². The van der Waals surface area contributed by atoms with Crippen LogP contribution in [0.4, 0.5) is 5.82 Å². The molecule has 1 aromatic carbocycles. The second-order valence-corrected chi connectivity index (χ2v) is 6.62. The molecule has 1 fully saturated rings. The highest BCUT2D eigenvalue weighted by Crippen LogP contribution is 2.22. The maximum Gasteiger partial charge on any atom is 0.287 e. The molecule has 4 heteroatoms. The van der Waals surface area contributed by atoms with Crippen molar-refractivity contribution in [2.75, 3.05) is 24.5 Å². The summed E-state index contributed by atoms with van der Waals surface area (Å²) in [5.74, 6) is 1.61. The van der Waals surface area contributed by atoms with Gasteiger partial charge in [0.25, 0.3) is 11.7 Å². The number of anilines is 1. The SMILES string of the molecule is C[C@H]1CCCN(c2[nH+]cccc2C(=O)NCCc2ccccc2)C1. The molecule has 24 heavy (non-hydrogen) atoms.